The van der Waals surface area contributed by atoms with E-state index in [0.29, 0.717) is 0 Å². The van der Waals surface area contributed by atoms with Crippen LogP contribution in [0.2, 0.25) is 0 Å². The number of carbonyl (C=O) groups is 1. The molecule has 0 saturated heterocycles. The number of sulfonamides is 1. The molecule has 0 unspecified atom stereocenters. The molecule has 1 aliphatic rings. The molecule has 0 N–H and O–H groups in total. The molecule has 1 amide bonds. The van der Waals surface area contributed by atoms with Crippen LogP contribution < -0.4 is 0 Å². The third-order valence-corrected chi connectivity index (χ3v) is 5.67. The maximum atomic E-state index is 12.7. The number of aryl methyl sites for hydroxylation is 1. The maximum absolute atomic E-state index is 12.7. The summed E-state index contributed by atoms with van der Waals surface area (Å²) >= 11 is 0. The summed E-state index contributed by atoms with van der Waals surface area (Å²) in [5.74, 6) is -0.308. The summed E-state index contributed by atoms with van der Waals surface area (Å²) in [5, 5.41) is 0. The molecule has 0 atom stereocenters. The summed E-state index contributed by atoms with van der Waals surface area (Å²) in [6.07, 6.45) is 3.73. The van der Waals surface area contributed by atoms with Crippen molar-refractivity contribution in [3.63, 3.8) is 0 Å². The SMILES string of the molecule is CCC(=O)N(C1CCCC1)S(=O)(=O)c1ccc(C)cc1. The van der Waals surface area contributed by atoms with Gasteiger partial charge in [-0.15, -0.1) is 0 Å². The Hall–Kier alpha value is -1.36. The highest BCUT2D eigenvalue weighted by Gasteiger charge is 2.36. The Morgan fingerprint density at radius 3 is 2.25 bits per heavy atom. The summed E-state index contributed by atoms with van der Waals surface area (Å²) < 4.78 is 26.6. The standard InChI is InChI=1S/C15H21NO3S/c1-3-15(17)16(13-6-4-5-7-13)20(18,19)14-10-8-12(2)9-11-14/h8-11,13H,3-7H2,1-2H3. The van der Waals surface area contributed by atoms with E-state index in [4.69, 9.17) is 0 Å². The number of carbonyl (C=O) groups excluding carboxylic acids is 1. The van der Waals surface area contributed by atoms with Crippen LogP contribution in [0.4, 0.5) is 0 Å². The van der Waals surface area contributed by atoms with Crippen LogP contribution in [0.15, 0.2) is 29.2 Å². The number of rotatable bonds is 4. The van der Waals surface area contributed by atoms with Gasteiger partial charge in [0.1, 0.15) is 0 Å². The van der Waals surface area contributed by atoms with Gasteiger partial charge in [0.15, 0.2) is 0 Å². The van der Waals surface area contributed by atoms with Crippen LogP contribution >= 0.6 is 0 Å². The first-order valence-corrected chi connectivity index (χ1v) is 8.54. The minimum atomic E-state index is -3.73. The lowest BCUT2D eigenvalue weighted by atomic mass is 10.2. The lowest BCUT2D eigenvalue weighted by molar-refractivity contribution is -0.127. The molecule has 20 heavy (non-hydrogen) atoms. The molecular weight excluding hydrogens is 274 g/mol. The van der Waals surface area contributed by atoms with E-state index in [-0.39, 0.29) is 23.3 Å². The molecule has 1 aromatic carbocycles. The molecule has 1 fully saturated rings. The third-order valence-electron chi connectivity index (χ3n) is 3.78. The fourth-order valence-electron chi connectivity index (χ4n) is 2.65. The maximum Gasteiger partial charge on any atom is 0.266 e. The van der Waals surface area contributed by atoms with Gasteiger partial charge in [0.05, 0.1) is 4.90 Å². The lowest BCUT2D eigenvalue weighted by Crippen LogP contribution is -2.43. The predicted octanol–water partition coefficient (Wildman–Crippen LogP) is 2.86. The van der Waals surface area contributed by atoms with Gasteiger partial charge in [0.25, 0.3) is 10.0 Å². The molecule has 0 heterocycles. The van der Waals surface area contributed by atoms with Gasteiger partial charge in [0.2, 0.25) is 5.91 Å². The largest absolute Gasteiger partial charge is 0.274 e. The zero-order valence-electron chi connectivity index (χ0n) is 12.0. The van der Waals surface area contributed by atoms with Gasteiger partial charge in [-0.3, -0.25) is 4.79 Å². The number of nitrogens with zero attached hydrogens (tertiary/aromatic N) is 1. The van der Waals surface area contributed by atoms with Gasteiger partial charge < -0.3 is 0 Å². The van der Waals surface area contributed by atoms with Crippen molar-refractivity contribution in [1.29, 1.82) is 0 Å². The van der Waals surface area contributed by atoms with Crippen LogP contribution in [0.5, 0.6) is 0 Å². The topological polar surface area (TPSA) is 54.5 Å². The second kappa shape index (κ2) is 5.95. The zero-order valence-corrected chi connectivity index (χ0v) is 12.8. The number of hydrogen-bond acceptors (Lipinski definition) is 3. The Morgan fingerprint density at radius 1 is 1.20 bits per heavy atom. The van der Waals surface area contributed by atoms with Gasteiger partial charge in [-0.05, 0) is 31.9 Å². The van der Waals surface area contributed by atoms with E-state index in [1.54, 1.807) is 31.2 Å². The Balaban J connectivity index is 2.40. The van der Waals surface area contributed by atoms with E-state index in [1.807, 2.05) is 6.92 Å². The molecule has 0 radical (unpaired) electrons. The van der Waals surface area contributed by atoms with Crippen LogP contribution in [-0.2, 0) is 14.8 Å². The number of amides is 1. The molecule has 1 saturated carbocycles. The molecule has 5 heteroatoms. The van der Waals surface area contributed by atoms with Crippen molar-refractivity contribution < 1.29 is 13.2 Å². The van der Waals surface area contributed by atoms with Crippen molar-refractivity contribution in [1.82, 2.24) is 4.31 Å². The molecule has 0 aromatic heterocycles. The Kier molecular flexibility index (Phi) is 4.48. The quantitative estimate of drug-likeness (QED) is 0.858. The van der Waals surface area contributed by atoms with Gasteiger partial charge in [-0.2, -0.15) is 0 Å². The molecule has 110 valence electrons. The molecule has 0 bridgehead atoms. The molecule has 1 aromatic rings. The second-order valence-corrected chi connectivity index (χ2v) is 7.11. The fourth-order valence-corrected chi connectivity index (χ4v) is 4.36. The minimum Gasteiger partial charge on any atom is -0.274 e. The monoisotopic (exact) mass is 295 g/mol. The molecule has 0 spiro atoms. The van der Waals surface area contributed by atoms with Crippen LogP contribution in [0.1, 0.15) is 44.6 Å². The highest BCUT2D eigenvalue weighted by Crippen LogP contribution is 2.29. The normalized spacial score (nSPS) is 16.3. The van der Waals surface area contributed by atoms with E-state index in [9.17, 15) is 13.2 Å². The van der Waals surface area contributed by atoms with Gasteiger partial charge >= 0.3 is 0 Å². The smallest absolute Gasteiger partial charge is 0.266 e. The van der Waals surface area contributed by atoms with E-state index in [2.05, 4.69) is 0 Å². The van der Waals surface area contributed by atoms with Crippen LogP contribution in [-0.4, -0.2) is 24.7 Å². The third kappa shape index (κ3) is 2.87. The highest BCUT2D eigenvalue weighted by molar-refractivity contribution is 7.89. The summed E-state index contributed by atoms with van der Waals surface area (Å²) in [6, 6.07) is 6.51. The second-order valence-electron chi connectivity index (χ2n) is 5.30. The Morgan fingerprint density at radius 2 is 1.75 bits per heavy atom. The van der Waals surface area contributed by atoms with Crippen LogP contribution in [0.25, 0.3) is 0 Å². The van der Waals surface area contributed by atoms with Gasteiger partial charge in [-0.1, -0.05) is 37.5 Å². The molecular formula is C15H21NO3S. The Labute approximate surface area is 120 Å². The zero-order chi connectivity index (χ0) is 14.8. The van der Waals surface area contributed by atoms with E-state index < -0.39 is 10.0 Å². The molecule has 1 aliphatic carbocycles. The van der Waals surface area contributed by atoms with E-state index in [1.165, 1.54) is 0 Å². The summed E-state index contributed by atoms with van der Waals surface area (Å²) in [5.41, 5.74) is 0.998. The number of hydrogen-bond donors (Lipinski definition) is 0. The minimum absolute atomic E-state index is 0.172. The first kappa shape index (κ1) is 15.0. The number of benzene rings is 1. The van der Waals surface area contributed by atoms with Crippen molar-refractivity contribution >= 4 is 15.9 Å². The molecule has 4 nitrogen and oxygen atoms in total. The van der Waals surface area contributed by atoms with Crippen molar-refractivity contribution in [2.24, 2.45) is 0 Å². The Bertz CT molecular complexity index is 572. The van der Waals surface area contributed by atoms with Crippen molar-refractivity contribution in [3.05, 3.63) is 29.8 Å². The molecule has 2 rings (SSSR count). The average Bonchev–Trinajstić information content (AvgIpc) is 2.92. The first-order valence-electron chi connectivity index (χ1n) is 7.10. The average molecular weight is 295 g/mol. The van der Waals surface area contributed by atoms with Crippen molar-refractivity contribution in [2.45, 2.75) is 56.9 Å². The lowest BCUT2D eigenvalue weighted by Gasteiger charge is -2.28. The van der Waals surface area contributed by atoms with Gasteiger partial charge in [0, 0.05) is 12.5 Å². The molecule has 0 aliphatic heterocycles. The van der Waals surface area contributed by atoms with Gasteiger partial charge in [-0.25, -0.2) is 12.7 Å². The van der Waals surface area contributed by atoms with Crippen molar-refractivity contribution in [3.8, 4) is 0 Å². The van der Waals surface area contributed by atoms with Crippen LogP contribution in [0.3, 0.4) is 0 Å². The first-order chi connectivity index (χ1) is 9.46. The summed E-state index contributed by atoms with van der Waals surface area (Å²) in [7, 11) is -3.73. The fraction of sp³-hybridized carbons (Fsp3) is 0.533. The summed E-state index contributed by atoms with van der Waals surface area (Å²) in [6.45, 7) is 3.61. The summed E-state index contributed by atoms with van der Waals surface area (Å²) in [4.78, 5) is 12.3. The highest BCUT2D eigenvalue weighted by atomic mass is 32.2. The predicted molar refractivity (Wildman–Crippen MR) is 77.8 cm³/mol. The van der Waals surface area contributed by atoms with Crippen molar-refractivity contribution in [2.75, 3.05) is 0 Å². The van der Waals surface area contributed by atoms with Crippen LogP contribution in [0, 0.1) is 6.92 Å². The van der Waals surface area contributed by atoms with E-state index >= 15 is 0 Å². The van der Waals surface area contributed by atoms with E-state index in [0.717, 1.165) is 35.6 Å².